The lowest BCUT2D eigenvalue weighted by Crippen LogP contribution is -2.32. The molecule has 4 nitrogen and oxygen atoms in total. The smallest absolute Gasteiger partial charge is 0.327 e. The number of rotatable bonds is 6. The van der Waals surface area contributed by atoms with Crippen molar-refractivity contribution in [2.24, 2.45) is 0 Å². The summed E-state index contributed by atoms with van der Waals surface area (Å²) < 4.78 is 5.18. The minimum atomic E-state index is -0.485. The van der Waals surface area contributed by atoms with E-state index in [4.69, 9.17) is 4.74 Å². The summed E-state index contributed by atoms with van der Waals surface area (Å²) >= 11 is 0. The van der Waals surface area contributed by atoms with Crippen LogP contribution in [0.2, 0.25) is 0 Å². The highest BCUT2D eigenvalue weighted by molar-refractivity contribution is 5.77. The third-order valence-corrected chi connectivity index (χ3v) is 3.26. The van der Waals surface area contributed by atoms with Crippen LogP contribution in [0.5, 0.6) is 0 Å². The Morgan fingerprint density at radius 3 is 2.52 bits per heavy atom. The van der Waals surface area contributed by atoms with Gasteiger partial charge in [-0.15, -0.1) is 0 Å². The quantitative estimate of drug-likeness (QED) is 0.828. The molecular formula is C17H20N2O2. The average Bonchev–Trinajstić information content (AvgIpc) is 2.54. The van der Waals surface area contributed by atoms with Crippen molar-refractivity contribution in [3.05, 3.63) is 66.0 Å². The Hall–Kier alpha value is -2.20. The Kier molecular flexibility index (Phi) is 5.46. The number of hydrogen-bond acceptors (Lipinski definition) is 4. The van der Waals surface area contributed by atoms with Crippen molar-refractivity contribution in [1.82, 2.24) is 10.3 Å². The molecular weight excluding hydrogens is 264 g/mol. The summed E-state index contributed by atoms with van der Waals surface area (Å²) in [5, 5.41) is 3.32. The molecule has 0 aliphatic rings. The van der Waals surface area contributed by atoms with E-state index in [2.05, 4.69) is 10.3 Å². The van der Waals surface area contributed by atoms with Gasteiger partial charge in [0.1, 0.15) is 6.04 Å². The summed E-state index contributed by atoms with van der Waals surface area (Å²) in [5.41, 5.74) is 1.93. The summed E-state index contributed by atoms with van der Waals surface area (Å²) in [7, 11) is 0. The van der Waals surface area contributed by atoms with Gasteiger partial charge in [0.15, 0.2) is 0 Å². The maximum absolute atomic E-state index is 12.2. The third-order valence-electron chi connectivity index (χ3n) is 3.26. The number of hydrogen-bond donors (Lipinski definition) is 1. The summed E-state index contributed by atoms with van der Waals surface area (Å²) in [6.07, 6.45) is 3.53. The molecule has 1 aromatic carbocycles. The Balaban J connectivity index is 2.18. The largest absolute Gasteiger partial charge is 0.465 e. The van der Waals surface area contributed by atoms with Gasteiger partial charge in [-0.05, 0) is 31.0 Å². The fourth-order valence-electron chi connectivity index (χ4n) is 2.15. The number of carbonyl (C=O) groups is 1. The molecule has 4 heteroatoms. The predicted molar refractivity (Wildman–Crippen MR) is 81.6 cm³/mol. The lowest BCUT2D eigenvalue weighted by Gasteiger charge is -2.22. The molecule has 0 bridgehead atoms. The normalized spacial score (nSPS) is 13.4. The molecule has 0 saturated carbocycles. The molecule has 1 heterocycles. The topological polar surface area (TPSA) is 51.2 Å². The van der Waals surface area contributed by atoms with Gasteiger partial charge in [0.25, 0.3) is 0 Å². The third kappa shape index (κ3) is 4.13. The van der Waals surface area contributed by atoms with E-state index in [-0.39, 0.29) is 12.0 Å². The van der Waals surface area contributed by atoms with E-state index in [0.717, 1.165) is 11.1 Å². The van der Waals surface area contributed by atoms with Crippen molar-refractivity contribution < 1.29 is 9.53 Å². The molecule has 0 spiro atoms. The molecule has 0 fully saturated rings. The molecule has 1 aromatic heterocycles. The van der Waals surface area contributed by atoms with Crippen molar-refractivity contribution in [2.45, 2.75) is 25.9 Å². The first-order chi connectivity index (χ1) is 10.2. The van der Waals surface area contributed by atoms with Crippen molar-refractivity contribution in [3.8, 4) is 0 Å². The highest BCUT2D eigenvalue weighted by atomic mass is 16.5. The van der Waals surface area contributed by atoms with Gasteiger partial charge >= 0.3 is 5.97 Å². The molecule has 2 aromatic rings. The molecule has 1 N–H and O–H groups in total. The van der Waals surface area contributed by atoms with E-state index in [1.165, 1.54) is 0 Å². The first kappa shape index (κ1) is 15.2. The molecule has 110 valence electrons. The van der Waals surface area contributed by atoms with Gasteiger partial charge in [0.2, 0.25) is 0 Å². The zero-order chi connectivity index (χ0) is 15.1. The molecule has 0 aliphatic heterocycles. The maximum Gasteiger partial charge on any atom is 0.327 e. The highest BCUT2D eigenvalue weighted by Crippen LogP contribution is 2.20. The van der Waals surface area contributed by atoms with Crippen LogP contribution in [0, 0.1) is 0 Å². The van der Waals surface area contributed by atoms with Crippen LogP contribution < -0.4 is 5.32 Å². The number of carbonyl (C=O) groups excluding carboxylic acids is 1. The van der Waals surface area contributed by atoms with Crippen LogP contribution in [0.15, 0.2) is 54.9 Å². The van der Waals surface area contributed by atoms with Gasteiger partial charge in [-0.1, -0.05) is 36.4 Å². The van der Waals surface area contributed by atoms with E-state index >= 15 is 0 Å². The lowest BCUT2D eigenvalue weighted by molar-refractivity contribution is -0.146. The second-order valence-electron chi connectivity index (χ2n) is 4.77. The Morgan fingerprint density at radius 1 is 1.19 bits per heavy atom. The van der Waals surface area contributed by atoms with E-state index in [1.807, 2.05) is 56.3 Å². The van der Waals surface area contributed by atoms with E-state index in [9.17, 15) is 4.79 Å². The summed E-state index contributed by atoms with van der Waals surface area (Å²) in [5.74, 6) is -0.264. The summed E-state index contributed by atoms with van der Waals surface area (Å²) in [6.45, 7) is 4.18. The number of ether oxygens (including phenoxy) is 1. The molecule has 2 rings (SSSR count). The van der Waals surface area contributed by atoms with Gasteiger partial charge in [0, 0.05) is 18.4 Å². The molecule has 0 saturated heterocycles. The monoisotopic (exact) mass is 284 g/mol. The van der Waals surface area contributed by atoms with Gasteiger partial charge in [-0.3, -0.25) is 10.3 Å². The SMILES string of the molecule is CCOC(=O)C(N[C@@H](C)c1cccnc1)c1ccccc1. The second kappa shape index (κ2) is 7.55. The Bertz CT molecular complexity index is 558. The zero-order valence-electron chi connectivity index (χ0n) is 12.3. The minimum Gasteiger partial charge on any atom is -0.465 e. The summed E-state index contributed by atoms with van der Waals surface area (Å²) in [6, 6.07) is 13.0. The minimum absolute atomic E-state index is 0.00619. The number of nitrogens with zero attached hydrogens (tertiary/aromatic N) is 1. The molecule has 0 amide bonds. The van der Waals surface area contributed by atoms with Crippen molar-refractivity contribution >= 4 is 5.97 Å². The van der Waals surface area contributed by atoms with Crippen LogP contribution in [0.4, 0.5) is 0 Å². The highest BCUT2D eigenvalue weighted by Gasteiger charge is 2.23. The van der Waals surface area contributed by atoms with Crippen LogP contribution in [-0.4, -0.2) is 17.6 Å². The van der Waals surface area contributed by atoms with E-state index < -0.39 is 6.04 Å². The second-order valence-corrected chi connectivity index (χ2v) is 4.77. The molecule has 0 aliphatic carbocycles. The average molecular weight is 284 g/mol. The van der Waals surface area contributed by atoms with Gasteiger partial charge in [0.05, 0.1) is 6.61 Å². The fraction of sp³-hybridized carbons (Fsp3) is 0.294. The first-order valence-corrected chi connectivity index (χ1v) is 7.10. The van der Waals surface area contributed by atoms with Gasteiger partial charge < -0.3 is 4.74 Å². The van der Waals surface area contributed by atoms with Crippen LogP contribution in [0.25, 0.3) is 0 Å². The van der Waals surface area contributed by atoms with E-state index in [0.29, 0.717) is 6.61 Å². The van der Waals surface area contributed by atoms with E-state index in [1.54, 1.807) is 12.4 Å². The molecule has 1 unspecified atom stereocenters. The van der Waals surface area contributed by atoms with Crippen LogP contribution in [-0.2, 0) is 9.53 Å². The zero-order valence-corrected chi connectivity index (χ0v) is 12.3. The first-order valence-electron chi connectivity index (χ1n) is 7.10. The van der Waals surface area contributed by atoms with Crippen molar-refractivity contribution in [1.29, 1.82) is 0 Å². The molecule has 0 radical (unpaired) electrons. The number of aromatic nitrogens is 1. The van der Waals surface area contributed by atoms with Gasteiger partial charge in [-0.2, -0.15) is 0 Å². The number of pyridine rings is 1. The summed E-state index contributed by atoms with van der Waals surface area (Å²) in [4.78, 5) is 16.3. The lowest BCUT2D eigenvalue weighted by atomic mass is 10.0. The molecule has 2 atom stereocenters. The maximum atomic E-state index is 12.2. The van der Waals surface area contributed by atoms with Crippen LogP contribution >= 0.6 is 0 Å². The Morgan fingerprint density at radius 2 is 1.90 bits per heavy atom. The molecule has 21 heavy (non-hydrogen) atoms. The number of benzene rings is 1. The fourth-order valence-corrected chi connectivity index (χ4v) is 2.15. The van der Waals surface area contributed by atoms with Gasteiger partial charge in [-0.25, -0.2) is 4.79 Å². The van der Waals surface area contributed by atoms with Crippen LogP contribution in [0.1, 0.15) is 37.1 Å². The predicted octanol–water partition coefficient (Wildman–Crippen LogP) is 3.04. The number of esters is 1. The van der Waals surface area contributed by atoms with Crippen molar-refractivity contribution in [2.75, 3.05) is 6.61 Å². The van der Waals surface area contributed by atoms with Crippen molar-refractivity contribution in [3.63, 3.8) is 0 Å². The number of nitrogens with one attached hydrogen (secondary N) is 1. The Labute approximate surface area is 125 Å². The standard InChI is InChI=1S/C17H20N2O2/c1-3-21-17(20)16(14-8-5-4-6-9-14)19-13(2)15-10-7-11-18-12-15/h4-13,16,19H,3H2,1-2H3/t13-,16?/m0/s1. The van der Waals surface area contributed by atoms with Crippen LogP contribution in [0.3, 0.4) is 0 Å².